The summed E-state index contributed by atoms with van der Waals surface area (Å²) in [6, 6.07) is 0.364. The minimum atomic E-state index is -0.344. The Morgan fingerprint density at radius 2 is 1.75 bits per heavy atom. The molecule has 0 aromatic rings. The SMILES string of the molecule is CC(N)C(=O)N1CCC(N2CCCC2)CC1. The van der Waals surface area contributed by atoms with Crippen molar-refractivity contribution in [2.24, 2.45) is 5.73 Å². The van der Waals surface area contributed by atoms with Crippen molar-refractivity contribution >= 4 is 5.91 Å². The maximum Gasteiger partial charge on any atom is 0.239 e. The molecule has 4 nitrogen and oxygen atoms in total. The average molecular weight is 225 g/mol. The third kappa shape index (κ3) is 2.55. The molecular formula is C12H23N3O. The molecule has 2 N–H and O–H groups in total. The fraction of sp³-hybridized carbons (Fsp3) is 0.917. The van der Waals surface area contributed by atoms with E-state index in [4.69, 9.17) is 5.73 Å². The van der Waals surface area contributed by atoms with Gasteiger partial charge in [-0.1, -0.05) is 0 Å². The first kappa shape index (κ1) is 11.9. The Bertz CT molecular complexity index is 241. The van der Waals surface area contributed by atoms with Crippen molar-refractivity contribution in [1.82, 2.24) is 9.80 Å². The molecule has 1 unspecified atom stereocenters. The van der Waals surface area contributed by atoms with Gasteiger partial charge in [0.2, 0.25) is 5.91 Å². The van der Waals surface area contributed by atoms with Crippen LogP contribution in [0.25, 0.3) is 0 Å². The maximum absolute atomic E-state index is 11.7. The molecule has 4 heteroatoms. The standard InChI is InChI=1S/C12H23N3O/c1-10(13)12(16)15-8-4-11(5-9-15)14-6-2-3-7-14/h10-11H,2-9,13H2,1H3. The molecular weight excluding hydrogens is 202 g/mol. The van der Waals surface area contributed by atoms with Crippen LogP contribution in [0.15, 0.2) is 0 Å². The second kappa shape index (κ2) is 5.15. The fourth-order valence-electron chi connectivity index (χ4n) is 2.85. The number of carbonyl (C=O) groups is 1. The number of likely N-dealkylation sites (tertiary alicyclic amines) is 2. The summed E-state index contributed by atoms with van der Waals surface area (Å²) in [5.74, 6) is 0.111. The average Bonchev–Trinajstić information content (AvgIpc) is 2.81. The monoisotopic (exact) mass is 225 g/mol. The number of nitrogens with zero attached hydrogens (tertiary/aromatic N) is 2. The van der Waals surface area contributed by atoms with Gasteiger partial charge in [0.15, 0.2) is 0 Å². The fourth-order valence-corrected chi connectivity index (χ4v) is 2.85. The molecule has 1 atom stereocenters. The van der Waals surface area contributed by atoms with Crippen LogP contribution in [0, 0.1) is 0 Å². The Balaban J connectivity index is 1.80. The Kier molecular flexibility index (Phi) is 3.82. The van der Waals surface area contributed by atoms with Gasteiger partial charge < -0.3 is 15.5 Å². The minimum Gasteiger partial charge on any atom is -0.341 e. The summed E-state index contributed by atoms with van der Waals surface area (Å²) in [7, 11) is 0. The molecule has 2 rings (SSSR count). The predicted molar refractivity (Wildman–Crippen MR) is 64.1 cm³/mol. The summed E-state index contributed by atoms with van der Waals surface area (Å²) < 4.78 is 0. The van der Waals surface area contributed by atoms with E-state index in [-0.39, 0.29) is 11.9 Å². The van der Waals surface area contributed by atoms with Gasteiger partial charge in [-0.2, -0.15) is 0 Å². The van der Waals surface area contributed by atoms with Gasteiger partial charge in [-0.15, -0.1) is 0 Å². The van der Waals surface area contributed by atoms with Crippen LogP contribution in [0.4, 0.5) is 0 Å². The van der Waals surface area contributed by atoms with E-state index in [9.17, 15) is 4.79 Å². The van der Waals surface area contributed by atoms with Crippen molar-refractivity contribution in [1.29, 1.82) is 0 Å². The molecule has 0 saturated carbocycles. The molecule has 0 aromatic heterocycles. The van der Waals surface area contributed by atoms with Gasteiger partial charge >= 0.3 is 0 Å². The molecule has 2 aliphatic heterocycles. The topological polar surface area (TPSA) is 49.6 Å². The smallest absolute Gasteiger partial charge is 0.239 e. The van der Waals surface area contributed by atoms with E-state index in [1.54, 1.807) is 6.92 Å². The molecule has 2 saturated heterocycles. The highest BCUT2D eigenvalue weighted by molar-refractivity contribution is 5.81. The van der Waals surface area contributed by atoms with E-state index in [1.165, 1.54) is 25.9 Å². The lowest BCUT2D eigenvalue weighted by molar-refractivity contribution is -0.133. The molecule has 2 heterocycles. The van der Waals surface area contributed by atoms with Crippen molar-refractivity contribution in [3.05, 3.63) is 0 Å². The zero-order chi connectivity index (χ0) is 11.5. The van der Waals surface area contributed by atoms with Crippen LogP contribution < -0.4 is 5.73 Å². The normalized spacial score (nSPS) is 26.0. The van der Waals surface area contributed by atoms with Gasteiger partial charge in [0.25, 0.3) is 0 Å². The Morgan fingerprint density at radius 1 is 1.19 bits per heavy atom. The maximum atomic E-state index is 11.7. The molecule has 0 aliphatic carbocycles. The summed E-state index contributed by atoms with van der Waals surface area (Å²) in [6.45, 7) is 6.07. The van der Waals surface area contributed by atoms with Crippen LogP contribution in [0.5, 0.6) is 0 Å². The van der Waals surface area contributed by atoms with E-state index in [2.05, 4.69) is 4.90 Å². The van der Waals surface area contributed by atoms with E-state index in [0.717, 1.165) is 25.9 Å². The van der Waals surface area contributed by atoms with Gasteiger partial charge in [0, 0.05) is 19.1 Å². The number of carbonyl (C=O) groups excluding carboxylic acids is 1. The summed E-state index contributed by atoms with van der Waals surface area (Å²) in [4.78, 5) is 16.2. The molecule has 2 aliphatic rings. The Hall–Kier alpha value is -0.610. The number of nitrogens with two attached hydrogens (primary N) is 1. The molecule has 0 radical (unpaired) electrons. The number of hydrogen-bond acceptors (Lipinski definition) is 3. The largest absolute Gasteiger partial charge is 0.341 e. The van der Waals surface area contributed by atoms with E-state index in [1.807, 2.05) is 4.90 Å². The Morgan fingerprint density at radius 3 is 2.25 bits per heavy atom. The number of piperidine rings is 1. The van der Waals surface area contributed by atoms with Crippen molar-refractivity contribution in [3.63, 3.8) is 0 Å². The highest BCUT2D eigenvalue weighted by atomic mass is 16.2. The summed E-state index contributed by atoms with van der Waals surface area (Å²) in [5, 5.41) is 0. The van der Waals surface area contributed by atoms with Crippen LogP contribution in [0.3, 0.4) is 0 Å². The minimum absolute atomic E-state index is 0.111. The second-order valence-corrected chi connectivity index (χ2v) is 5.09. The van der Waals surface area contributed by atoms with Crippen molar-refractivity contribution in [2.45, 2.75) is 44.7 Å². The molecule has 1 amide bonds. The number of amides is 1. The third-order valence-electron chi connectivity index (χ3n) is 3.82. The van der Waals surface area contributed by atoms with Gasteiger partial charge in [-0.3, -0.25) is 4.79 Å². The Labute approximate surface area is 97.8 Å². The molecule has 0 spiro atoms. The third-order valence-corrected chi connectivity index (χ3v) is 3.82. The van der Waals surface area contributed by atoms with Gasteiger partial charge in [0.05, 0.1) is 6.04 Å². The highest BCUT2D eigenvalue weighted by Crippen LogP contribution is 2.21. The first-order chi connectivity index (χ1) is 7.68. The van der Waals surface area contributed by atoms with Crippen LogP contribution in [-0.4, -0.2) is 54.0 Å². The van der Waals surface area contributed by atoms with E-state index in [0.29, 0.717) is 6.04 Å². The van der Waals surface area contributed by atoms with E-state index >= 15 is 0 Å². The van der Waals surface area contributed by atoms with Crippen LogP contribution >= 0.6 is 0 Å². The van der Waals surface area contributed by atoms with Crippen LogP contribution in [0.2, 0.25) is 0 Å². The van der Waals surface area contributed by atoms with Crippen LogP contribution in [0.1, 0.15) is 32.6 Å². The van der Waals surface area contributed by atoms with E-state index < -0.39 is 0 Å². The van der Waals surface area contributed by atoms with Crippen LogP contribution in [-0.2, 0) is 4.79 Å². The molecule has 0 aromatic carbocycles. The zero-order valence-electron chi connectivity index (χ0n) is 10.2. The summed E-state index contributed by atoms with van der Waals surface area (Å²) >= 11 is 0. The number of hydrogen-bond donors (Lipinski definition) is 1. The summed E-state index contributed by atoms with van der Waals surface area (Å²) in [6.07, 6.45) is 4.94. The highest BCUT2D eigenvalue weighted by Gasteiger charge is 2.28. The second-order valence-electron chi connectivity index (χ2n) is 5.09. The lowest BCUT2D eigenvalue weighted by Gasteiger charge is -2.37. The van der Waals surface area contributed by atoms with Gasteiger partial charge in [0.1, 0.15) is 0 Å². The first-order valence-electron chi connectivity index (χ1n) is 6.47. The van der Waals surface area contributed by atoms with Crippen molar-refractivity contribution < 1.29 is 4.79 Å². The van der Waals surface area contributed by atoms with Gasteiger partial charge in [-0.25, -0.2) is 0 Å². The zero-order valence-corrected chi connectivity index (χ0v) is 10.2. The lowest BCUT2D eigenvalue weighted by Crippen LogP contribution is -2.49. The van der Waals surface area contributed by atoms with Crippen molar-refractivity contribution in [3.8, 4) is 0 Å². The lowest BCUT2D eigenvalue weighted by atomic mass is 10.0. The summed E-state index contributed by atoms with van der Waals surface area (Å²) in [5.41, 5.74) is 5.62. The number of rotatable bonds is 2. The molecule has 0 bridgehead atoms. The van der Waals surface area contributed by atoms with Gasteiger partial charge in [-0.05, 0) is 45.7 Å². The molecule has 92 valence electrons. The molecule has 2 fully saturated rings. The van der Waals surface area contributed by atoms with Crippen molar-refractivity contribution in [2.75, 3.05) is 26.2 Å². The predicted octanol–water partition coefficient (Wildman–Crippen LogP) is 0.420. The quantitative estimate of drug-likeness (QED) is 0.741. The first-order valence-corrected chi connectivity index (χ1v) is 6.47. The molecule has 16 heavy (non-hydrogen) atoms.